The van der Waals surface area contributed by atoms with Crippen molar-refractivity contribution in [3.05, 3.63) is 29.8 Å². The highest BCUT2D eigenvalue weighted by Crippen LogP contribution is 2.09. The molecule has 2 rings (SSSR count). The smallest absolute Gasteiger partial charge is 0.238 e. The Labute approximate surface area is 137 Å². The molecule has 1 heterocycles. The topological polar surface area (TPSA) is 95.7 Å². The molecule has 0 radical (unpaired) electrons. The Kier molecular flexibility index (Phi) is 5.74. The Morgan fingerprint density at radius 1 is 1.30 bits per heavy atom. The molecule has 1 aliphatic rings. The van der Waals surface area contributed by atoms with Crippen LogP contribution in [0, 0.1) is 0 Å². The summed E-state index contributed by atoms with van der Waals surface area (Å²) in [4.78, 5) is 16.5. The zero-order chi connectivity index (χ0) is 17.0. The Morgan fingerprint density at radius 3 is 2.52 bits per heavy atom. The SMILES string of the molecule is CC1CN(C)CCN1CC(=O)NCc1ccc(S(N)(=O)=O)cc1. The first kappa shape index (κ1) is 17.9. The summed E-state index contributed by atoms with van der Waals surface area (Å²) in [7, 11) is -1.60. The van der Waals surface area contributed by atoms with E-state index in [4.69, 9.17) is 5.14 Å². The van der Waals surface area contributed by atoms with Gasteiger partial charge in [-0.2, -0.15) is 0 Å². The zero-order valence-corrected chi connectivity index (χ0v) is 14.3. The number of likely N-dealkylation sites (N-methyl/N-ethyl adjacent to an activating group) is 1. The van der Waals surface area contributed by atoms with Crippen LogP contribution in [0.15, 0.2) is 29.2 Å². The van der Waals surface area contributed by atoms with Crippen LogP contribution in [0.25, 0.3) is 0 Å². The van der Waals surface area contributed by atoms with Gasteiger partial charge in [-0.25, -0.2) is 13.6 Å². The summed E-state index contributed by atoms with van der Waals surface area (Å²) in [5, 5.41) is 7.91. The maximum absolute atomic E-state index is 12.1. The van der Waals surface area contributed by atoms with Crippen LogP contribution in [0.2, 0.25) is 0 Å². The third-order valence-electron chi connectivity index (χ3n) is 4.06. The molecule has 128 valence electrons. The van der Waals surface area contributed by atoms with Crippen LogP contribution in [-0.4, -0.2) is 63.4 Å². The maximum Gasteiger partial charge on any atom is 0.238 e. The highest BCUT2D eigenvalue weighted by Gasteiger charge is 2.23. The summed E-state index contributed by atoms with van der Waals surface area (Å²) in [6, 6.07) is 6.55. The Hall–Kier alpha value is -1.48. The molecule has 7 nitrogen and oxygen atoms in total. The van der Waals surface area contributed by atoms with Crippen LogP contribution in [0.5, 0.6) is 0 Å². The largest absolute Gasteiger partial charge is 0.351 e. The molecular weight excluding hydrogens is 316 g/mol. The van der Waals surface area contributed by atoms with E-state index < -0.39 is 10.0 Å². The molecule has 0 aliphatic carbocycles. The Morgan fingerprint density at radius 2 is 1.96 bits per heavy atom. The van der Waals surface area contributed by atoms with E-state index in [0.717, 1.165) is 25.2 Å². The molecule has 1 aliphatic heterocycles. The number of hydrogen-bond acceptors (Lipinski definition) is 5. The number of nitrogens with one attached hydrogen (secondary N) is 1. The van der Waals surface area contributed by atoms with Crippen molar-refractivity contribution < 1.29 is 13.2 Å². The van der Waals surface area contributed by atoms with Crippen LogP contribution >= 0.6 is 0 Å². The predicted octanol–water partition coefficient (Wildman–Crippen LogP) is -0.414. The van der Waals surface area contributed by atoms with Crippen molar-refractivity contribution in [2.75, 3.05) is 33.2 Å². The lowest BCUT2D eigenvalue weighted by Crippen LogP contribution is -2.53. The van der Waals surface area contributed by atoms with Gasteiger partial charge in [0.05, 0.1) is 11.4 Å². The number of benzene rings is 1. The third-order valence-corrected chi connectivity index (χ3v) is 4.99. The molecule has 8 heteroatoms. The summed E-state index contributed by atoms with van der Waals surface area (Å²) in [6.07, 6.45) is 0. The lowest BCUT2D eigenvalue weighted by atomic mass is 10.2. The molecule has 0 aromatic heterocycles. The number of rotatable bonds is 5. The van der Waals surface area contributed by atoms with Gasteiger partial charge in [0.25, 0.3) is 0 Å². The van der Waals surface area contributed by atoms with Gasteiger partial charge in [-0.3, -0.25) is 9.69 Å². The Balaban J connectivity index is 1.82. The first-order valence-electron chi connectivity index (χ1n) is 7.57. The van der Waals surface area contributed by atoms with Gasteiger partial charge in [0, 0.05) is 32.2 Å². The van der Waals surface area contributed by atoms with Gasteiger partial charge >= 0.3 is 0 Å². The van der Waals surface area contributed by atoms with Crippen LogP contribution in [0.1, 0.15) is 12.5 Å². The van der Waals surface area contributed by atoms with Gasteiger partial charge in [-0.1, -0.05) is 12.1 Å². The van der Waals surface area contributed by atoms with Gasteiger partial charge in [-0.05, 0) is 31.7 Å². The van der Waals surface area contributed by atoms with Crippen molar-refractivity contribution >= 4 is 15.9 Å². The number of primary sulfonamides is 1. The quantitative estimate of drug-likeness (QED) is 0.759. The van der Waals surface area contributed by atoms with Gasteiger partial charge in [0.15, 0.2) is 0 Å². The van der Waals surface area contributed by atoms with Crippen LogP contribution < -0.4 is 10.5 Å². The second kappa shape index (κ2) is 7.39. The van der Waals surface area contributed by atoms with Crippen molar-refractivity contribution in [3.63, 3.8) is 0 Å². The molecule has 1 aromatic rings. The summed E-state index contributed by atoms with van der Waals surface area (Å²) in [5.74, 6) is -0.0306. The maximum atomic E-state index is 12.1. The highest BCUT2D eigenvalue weighted by atomic mass is 32.2. The fraction of sp³-hybridized carbons (Fsp3) is 0.533. The third kappa shape index (κ3) is 5.28. The molecule has 1 amide bonds. The van der Waals surface area contributed by atoms with Crippen molar-refractivity contribution in [2.45, 2.75) is 24.4 Å². The predicted molar refractivity (Wildman–Crippen MR) is 88.2 cm³/mol. The van der Waals surface area contributed by atoms with E-state index >= 15 is 0 Å². The van der Waals surface area contributed by atoms with E-state index in [-0.39, 0.29) is 10.8 Å². The average molecular weight is 340 g/mol. The van der Waals surface area contributed by atoms with Crippen LogP contribution in [-0.2, 0) is 21.4 Å². The van der Waals surface area contributed by atoms with Crippen LogP contribution in [0.3, 0.4) is 0 Å². The lowest BCUT2D eigenvalue weighted by Gasteiger charge is -2.37. The second-order valence-corrected chi connectivity index (χ2v) is 7.61. The van der Waals surface area contributed by atoms with E-state index in [0.29, 0.717) is 19.1 Å². The fourth-order valence-electron chi connectivity index (χ4n) is 2.65. The van der Waals surface area contributed by atoms with Crippen LogP contribution in [0.4, 0.5) is 0 Å². The van der Waals surface area contributed by atoms with Gasteiger partial charge in [0.1, 0.15) is 0 Å². The Bertz CT molecular complexity index is 645. The molecule has 23 heavy (non-hydrogen) atoms. The monoisotopic (exact) mass is 340 g/mol. The number of hydrogen-bond donors (Lipinski definition) is 2. The van der Waals surface area contributed by atoms with Gasteiger partial charge in [-0.15, -0.1) is 0 Å². The minimum absolute atomic E-state index is 0.0306. The number of nitrogens with two attached hydrogens (primary N) is 1. The summed E-state index contributed by atoms with van der Waals surface area (Å²) >= 11 is 0. The van der Waals surface area contributed by atoms with E-state index in [2.05, 4.69) is 29.1 Å². The average Bonchev–Trinajstić information content (AvgIpc) is 2.47. The minimum Gasteiger partial charge on any atom is -0.351 e. The van der Waals surface area contributed by atoms with Crippen molar-refractivity contribution in [1.29, 1.82) is 0 Å². The first-order valence-corrected chi connectivity index (χ1v) is 9.11. The molecular formula is C15H24N4O3S. The molecule has 1 fully saturated rings. The van der Waals surface area contributed by atoms with E-state index in [1.165, 1.54) is 12.1 Å². The molecule has 0 saturated carbocycles. The normalized spacial score (nSPS) is 20.4. The fourth-order valence-corrected chi connectivity index (χ4v) is 3.17. The number of amides is 1. The first-order chi connectivity index (χ1) is 10.8. The standard InChI is InChI=1S/C15H24N4O3S/c1-12-10-18(2)7-8-19(12)11-15(20)17-9-13-3-5-14(6-4-13)23(16,21)22/h3-6,12H,7-11H2,1-2H3,(H,17,20)(H2,16,21,22). The van der Waals surface area contributed by atoms with Crippen molar-refractivity contribution in [2.24, 2.45) is 5.14 Å². The minimum atomic E-state index is -3.68. The van der Waals surface area contributed by atoms with E-state index in [9.17, 15) is 13.2 Å². The molecule has 1 saturated heterocycles. The van der Waals surface area contributed by atoms with Crippen molar-refractivity contribution in [1.82, 2.24) is 15.1 Å². The molecule has 3 N–H and O–H groups in total. The van der Waals surface area contributed by atoms with E-state index in [1.54, 1.807) is 12.1 Å². The zero-order valence-electron chi connectivity index (χ0n) is 13.5. The molecule has 1 aromatic carbocycles. The molecule has 0 spiro atoms. The summed E-state index contributed by atoms with van der Waals surface area (Å²) < 4.78 is 22.4. The number of piperazine rings is 1. The number of sulfonamides is 1. The number of carbonyl (C=O) groups excluding carboxylic acids is 1. The summed E-state index contributed by atoms with van der Waals surface area (Å²) in [5.41, 5.74) is 0.831. The second-order valence-electron chi connectivity index (χ2n) is 6.05. The molecule has 1 unspecified atom stereocenters. The number of nitrogens with zero attached hydrogens (tertiary/aromatic N) is 2. The van der Waals surface area contributed by atoms with Crippen molar-refractivity contribution in [3.8, 4) is 0 Å². The lowest BCUT2D eigenvalue weighted by molar-refractivity contribution is -0.123. The summed E-state index contributed by atoms with van der Waals surface area (Å²) in [6.45, 7) is 5.67. The molecule has 0 bridgehead atoms. The number of carbonyl (C=O) groups is 1. The van der Waals surface area contributed by atoms with Gasteiger partial charge < -0.3 is 10.2 Å². The highest BCUT2D eigenvalue weighted by molar-refractivity contribution is 7.89. The molecule has 1 atom stereocenters. The van der Waals surface area contributed by atoms with E-state index in [1.807, 2.05) is 0 Å². The van der Waals surface area contributed by atoms with Gasteiger partial charge in [0.2, 0.25) is 15.9 Å².